The fraction of sp³-hybridized carbons (Fsp3) is 0.500. The number of ether oxygens (including phenoxy) is 3. The molecule has 0 amide bonds. The summed E-state index contributed by atoms with van der Waals surface area (Å²) in [5, 5.41) is 0.567. The fourth-order valence-electron chi connectivity index (χ4n) is 1.97. The maximum atomic E-state index is 6.22. The van der Waals surface area contributed by atoms with E-state index in [4.69, 9.17) is 25.8 Å². The molecule has 1 aliphatic rings. The maximum absolute atomic E-state index is 6.22. The summed E-state index contributed by atoms with van der Waals surface area (Å²) in [7, 11) is 1.55. The topological polar surface area (TPSA) is 40.6 Å². The average Bonchev–Trinajstić information content (AvgIpc) is 2.46. The van der Waals surface area contributed by atoms with Gasteiger partial charge in [0.1, 0.15) is 0 Å². The van der Waals surface area contributed by atoms with Crippen LogP contribution in [0.4, 0.5) is 0 Å². The Hall–Kier alpha value is -1.10. The average molecular weight is 284 g/mol. The number of methoxy groups -OCH3 is 1. The molecule has 1 aliphatic heterocycles. The van der Waals surface area contributed by atoms with Gasteiger partial charge in [-0.05, 0) is 25.3 Å². The molecule has 1 aromatic heterocycles. The molecule has 1 aromatic rings. The van der Waals surface area contributed by atoms with Crippen LogP contribution in [0.3, 0.4) is 0 Å². The van der Waals surface area contributed by atoms with Gasteiger partial charge in [0.05, 0.1) is 24.4 Å². The van der Waals surface area contributed by atoms with Crippen LogP contribution >= 0.6 is 11.6 Å². The van der Waals surface area contributed by atoms with E-state index in [2.05, 4.69) is 11.6 Å². The highest BCUT2D eigenvalue weighted by molar-refractivity contribution is 6.31. The van der Waals surface area contributed by atoms with E-state index < -0.39 is 0 Å². The highest BCUT2D eigenvalue weighted by Gasteiger charge is 2.16. The second kappa shape index (κ2) is 6.89. The van der Waals surface area contributed by atoms with E-state index in [0.717, 1.165) is 31.4 Å². The lowest BCUT2D eigenvalue weighted by Crippen LogP contribution is -2.22. The van der Waals surface area contributed by atoms with E-state index in [9.17, 15) is 0 Å². The molecule has 5 heteroatoms. The number of pyridine rings is 1. The van der Waals surface area contributed by atoms with Gasteiger partial charge in [0, 0.05) is 18.2 Å². The molecule has 0 spiro atoms. The quantitative estimate of drug-likeness (QED) is 0.830. The third kappa shape index (κ3) is 3.69. The lowest BCUT2D eigenvalue weighted by Gasteiger charge is -2.23. The molecule has 0 radical (unpaired) electrons. The van der Waals surface area contributed by atoms with Crippen molar-refractivity contribution >= 4 is 17.7 Å². The summed E-state index contributed by atoms with van der Waals surface area (Å²) in [5.74, 6) is 0.470. The Kier molecular flexibility index (Phi) is 5.19. The Balaban J connectivity index is 2.08. The van der Waals surface area contributed by atoms with Crippen molar-refractivity contribution in [1.29, 1.82) is 0 Å². The van der Waals surface area contributed by atoms with E-state index in [1.807, 2.05) is 0 Å². The van der Waals surface area contributed by atoms with Crippen LogP contribution in [-0.2, 0) is 16.1 Å². The van der Waals surface area contributed by atoms with Gasteiger partial charge >= 0.3 is 0 Å². The van der Waals surface area contributed by atoms with Crippen LogP contribution in [0.1, 0.15) is 30.5 Å². The lowest BCUT2D eigenvalue weighted by molar-refractivity contribution is -0.168. The molecular formula is C14H18ClNO3. The van der Waals surface area contributed by atoms with Crippen LogP contribution in [-0.4, -0.2) is 25.0 Å². The summed E-state index contributed by atoms with van der Waals surface area (Å²) in [6, 6.07) is 1.68. The molecule has 0 saturated carbocycles. The lowest BCUT2D eigenvalue weighted by atomic mass is 10.2. The molecule has 0 aliphatic carbocycles. The predicted molar refractivity (Wildman–Crippen MR) is 74.3 cm³/mol. The Morgan fingerprint density at radius 3 is 3.05 bits per heavy atom. The van der Waals surface area contributed by atoms with Crippen LogP contribution in [0.2, 0.25) is 5.02 Å². The van der Waals surface area contributed by atoms with Crippen molar-refractivity contribution in [2.24, 2.45) is 0 Å². The van der Waals surface area contributed by atoms with Crippen molar-refractivity contribution in [3.8, 4) is 5.88 Å². The molecule has 0 N–H and O–H groups in total. The van der Waals surface area contributed by atoms with Crippen molar-refractivity contribution in [1.82, 2.24) is 4.98 Å². The normalized spacial score (nSPS) is 19.2. The van der Waals surface area contributed by atoms with Crippen molar-refractivity contribution < 1.29 is 14.2 Å². The van der Waals surface area contributed by atoms with Gasteiger partial charge in [-0.3, -0.25) is 0 Å². The fourth-order valence-corrected chi connectivity index (χ4v) is 2.22. The van der Waals surface area contributed by atoms with E-state index in [-0.39, 0.29) is 6.29 Å². The van der Waals surface area contributed by atoms with Crippen molar-refractivity contribution in [3.05, 3.63) is 28.9 Å². The highest BCUT2D eigenvalue weighted by atomic mass is 35.5. The van der Waals surface area contributed by atoms with Crippen molar-refractivity contribution in [2.45, 2.75) is 32.2 Å². The van der Waals surface area contributed by atoms with E-state index >= 15 is 0 Å². The minimum Gasteiger partial charge on any atom is -0.481 e. The molecule has 1 unspecified atom stereocenters. The van der Waals surface area contributed by atoms with E-state index in [0.29, 0.717) is 23.2 Å². The van der Waals surface area contributed by atoms with Gasteiger partial charge in [-0.25, -0.2) is 4.98 Å². The summed E-state index contributed by atoms with van der Waals surface area (Å²) in [6.07, 6.45) is 4.65. The molecule has 1 saturated heterocycles. The molecule has 4 nitrogen and oxygen atoms in total. The first kappa shape index (κ1) is 14.3. The molecule has 19 heavy (non-hydrogen) atoms. The Labute approximate surface area is 118 Å². The summed E-state index contributed by atoms with van der Waals surface area (Å²) in [5.41, 5.74) is 1.49. The van der Waals surface area contributed by atoms with Crippen molar-refractivity contribution in [3.63, 3.8) is 0 Å². The molecule has 2 heterocycles. The summed E-state index contributed by atoms with van der Waals surface area (Å²) in [6.45, 7) is 4.86. The number of nitrogens with zero attached hydrogens (tertiary/aromatic N) is 1. The zero-order valence-electron chi connectivity index (χ0n) is 11.0. The third-order valence-electron chi connectivity index (χ3n) is 3.03. The van der Waals surface area contributed by atoms with Gasteiger partial charge in [0.25, 0.3) is 0 Å². The molecule has 0 bridgehead atoms. The van der Waals surface area contributed by atoms with E-state index in [1.165, 1.54) is 0 Å². The molecule has 2 rings (SSSR count). The van der Waals surface area contributed by atoms with Gasteiger partial charge in [0.2, 0.25) is 5.88 Å². The molecule has 104 valence electrons. The van der Waals surface area contributed by atoms with Crippen LogP contribution in [0, 0.1) is 0 Å². The summed E-state index contributed by atoms with van der Waals surface area (Å²) >= 11 is 6.22. The monoisotopic (exact) mass is 283 g/mol. The summed E-state index contributed by atoms with van der Waals surface area (Å²) in [4.78, 5) is 4.29. The second-order valence-electron chi connectivity index (χ2n) is 4.32. The summed E-state index contributed by atoms with van der Waals surface area (Å²) < 4.78 is 16.3. The van der Waals surface area contributed by atoms with Crippen molar-refractivity contribution in [2.75, 3.05) is 13.7 Å². The number of hydrogen-bond donors (Lipinski definition) is 0. The molecular weight excluding hydrogens is 266 g/mol. The number of hydrogen-bond acceptors (Lipinski definition) is 4. The number of aromatic nitrogens is 1. The minimum absolute atomic E-state index is 0.149. The first-order valence-corrected chi connectivity index (χ1v) is 6.71. The van der Waals surface area contributed by atoms with Gasteiger partial charge in [-0.2, -0.15) is 0 Å². The van der Waals surface area contributed by atoms with Gasteiger partial charge in [-0.15, -0.1) is 0 Å². The smallest absolute Gasteiger partial charge is 0.215 e. The zero-order chi connectivity index (χ0) is 13.7. The number of rotatable bonds is 5. The molecule has 0 aromatic carbocycles. The number of halogens is 1. The maximum Gasteiger partial charge on any atom is 0.215 e. The van der Waals surface area contributed by atoms with Gasteiger partial charge < -0.3 is 14.2 Å². The van der Waals surface area contributed by atoms with Crippen LogP contribution < -0.4 is 4.74 Å². The Morgan fingerprint density at radius 2 is 2.42 bits per heavy atom. The second-order valence-corrected chi connectivity index (χ2v) is 4.73. The molecule has 1 fully saturated rings. The zero-order valence-corrected chi connectivity index (χ0v) is 11.8. The first-order chi connectivity index (χ1) is 9.24. The SMILES string of the molecule is C=Cc1nc(OC)cc(Cl)c1COC1CCCCO1. The standard InChI is InChI=1S/C14H18ClNO3/c1-3-12-10(11(15)8-13(16-12)17-2)9-19-14-6-4-5-7-18-14/h3,8,14H,1,4-7,9H2,2H3. The van der Waals surface area contributed by atoms with Gasteiger partial charge in [0.15, 0.2) is 6.29 Å². The van der Waals surface area contributed by atoms with Crippen LogP contribution in [0.25, 0.3) is 6.08 Å². The van der Waals surface area contributed by atoms with Crippen LogP contribution in [0.15, 0.2) is 12.6 Å². The minimum atomic E-state index is -0.149. The van der Waals surface area contributed by atoms with Crippen LogP contribution in [0.5, 0.6) is 5.88 Å². The molecule has 1 atom stereocenters. The highest BCUT2D eigenvalue weighted by Crippen LogP contribution is 2.26. The third-order valence-corrected chi connectivity index (χ3v) is 3.37. The Morgan fingerprint density at radius 1 is 1.58 bits per heavy atom. The predicted octanol–water partition coefficient (Wildman–Crippen LogP) is 3.43. The Bertz CT molecular complexity index is 445. The first-order valence-electron chi connectivity index (χ1n) is 6.33. The largest absolute Gasteiger partial charge is 0.481 e. The van der Waals surface area contributed by atoms with E-state index in [1.54, 1.807) is 19.3 Å². The van der Waals surface area contributed by atoms with Gasteiger partial charge in [-0.1, -0.05) is 18.2 Å².